The lowest BCUT2D eigenvalue weighted by Gasteiger charge is -2.46. The molecule has 1 unspecified atom stereocenters. The number of aromatic amines is 1. The van der Waals surface area contributed by atoms with Crippen molar-refractivity contribution in [3.8, 4) is 5.75 Å². The van der Waals surface area contributed by atoms with Gasteiger partial charge in [-0.05, 0) is 50.4 Å². The van der Waals surface area contributed by atoms with Crippen molar-refractivity contribution in [2.24, 2.45) is 23.5 Å². The predicted octanol–water partition coefficient (Wildman–Crippen LogP) is 0.882. The minimum Gasteiger partial charge on any atom is -0.511 e. The van der Waals surface area contributed by atoms with Crippen molar-refractivity contribution in [3.05, 3.63) is 46.2 Å². The topological polar surface area (TPSA) is 170 Å². The number of H-pyrrole nitrogens is 1. The molecule has 1 aromatic heterocycles. The number of nitrogens with zero attached hydrogens (tertiary/aromatic N) is 2. The van der Waals surface area contributed by atoms with E-state index < -0.39 is 58.4 Å². The van der Waals surface area contributed by atoms with E-state index in [2.05, 4.69) is 9.97 Å². The molecule has 3 aliphatic carbocycles. The molecule has 0 aliphatic heterocycles. The molecule has 1 heterocycles. The minimum absolute atomic E-state index is 0.0592. The third-order valence-electron chi connectivity index (χ3n) is 6.95. The van der Waals surface area contributed by atoms with E-state index in [9.17, 15) is 29.7 Å². The summed E-state index contributed by atoms with van der Waals surface area (Å²) < 4.78 is 0. The molecular weight excluding hydrogens is 416 g/mol. The van der Waals surface area contributed by atoms with Gasteiger partial charge < -0.3 is 26.0 Å². The molecule has 1 aromatic carbocycles. The number of nitrogens with one attached hydrogen (secondary N) is 1. The first-order valence-electron chi connectivity index (χ1n) is 10.2. The Morgan fingerprint density at radius 3 is 2.59 bits per heavy atom. The Morgan fingerprint density at radius 1 is 1.22 bits per heavy atom. The summed E-state index contributed by atoms with van der Waals surface area (Å²) in [7, 11) is 3.38. The second-order valence-electron chi connectivity index (χ2n) is 8.86. The molecule has 0 radical (unpaired) electrons. The summed E-state index contributed by atoms with van der Waals surface area (Å²) in [5.74, 6) is -5.71. The van der Waals surface area contributed by atoms with Gasteiger partial charge in [-0.3, -0.25) is 19.3 Å². The van der Waals surface area contributed by atoms with Crippen LogP contribution in [0.5, 0.6) is 5.75 Å². The zero-order valence-corrected chi connectivity index (χ0v) is 17.4. The van der Waals surface area contributed by atoms with Gasteiger partial charge in [-0.15, -0.1) is 0 Å². The number of hydrogen-bond donors (Lipinski definition) is 5. The number of carbonyl (C=O) groups excluding carboxylic acids is 3. The largest absolute Gasteiger partial charge is 0.511 e. The molecule has 2 aromatic rings. The molecule has 0 saturated heterocycles. The number of fused-ring (bicyclic) bond motifs is 4. The highest BCUT2D eigenvalue weighted by molar-refractivity contribution is 6.22. The first-order valence-corrected chi connectivity index (χ1v) is 10.2. The van der Waals surface area contributed by atoms with Crippen LogP contribution in [0.2, 0.25) is 0 Å². The van der Waals surface area contributed by atoms with Gasteiger partial charge in [0.25, 0.3) is 5.91 Å². The maximum Gasteiger partial charge on any atom is 0.255 e. The van der Waals surface area contributed by atoms with Crippen LogP contribution in [0.3, 0.4) is 0 Å². The molecule has 1 amide bonds. The van der Waals surface area contributed by atoms with Gasteiger partial charge in [0.05, 0.1) is 29.4 Å². The summed E-state index contributed by atoms with van der Waals surface area (Å²) in [6.07, 6.45) is 2.08. The van der Waals surface area contributed by atoms with Crippen LogP contribution in [0.25, 0.3) is 11.0 Å². The highest BCUT2D eigenvalue weighted by Gasteiger charge is 2.54. The molecule has 10 nitrogen and oxygen atoms in total. The number of benzene rings is 1. The normalized spacial score (nSPS) is 27.6. The number of imidazole rings is 1. The molecule has 166 valence electrons. The number of allylic oxidation sites excluding steroid dienone is 2. The van der Waals surface area contributed by atoms with Crippen LogP contribution >= 0.6 is 0 Å². The lowest BCUT2D eigenvalue weighted by Crippen LogP contribution is -2.53. The van der Waals surface area contributed by atoms with Gasteiger partial charge in [-0.25, -0.2) is 4.98 Å². The second-order valence-corrected chi connectivity index (χ2v) is 8.86. The van der Waals surface area contributed by atoms with Crippen LogP contribution in [0, 0.1) is 17.8 Å². The summed E-state index contributed by atoms with van der Waals surface area (Å²) in [5, 5.41) is 32.6. The number of likely N-dealkylation sites (N-methyl/N-ethyl adjacent to an activating group) is 1. The monoisotopic (exact) mass is 438 g/mol. The number of carbonyl (C=O) groups is 3. The van der Waals surface area contributed by atoms with E-state index in [1.807, 2.05) is 0 Å². The van der Waals surface area contributed by atoms with Crippen molar-refractivity contribution in [2.75, 3.05) is 14.1 Å². The smallest absolute Gasteiger partial charge is 0.255 e. The number of rotatable bonds is 2. The quantitative estimate of drug-likeness (QED) is 0.430. The van der Waals surface area contributed by atoms with Crippen molar-refractivity contribution < 1.29 is 29.7 Å². The van der Waals surface area contributed by atoms with Crippen LogP contribution < -0.4 is 5.73 Å². The summed E-state index contributed by atoms with van der Waals surface area (Å²) in [5.41, 5.74) is 6.37. The van der Waals surface area contributed by atoms with E-state index in [1.54, 1.807) is 25.1 Å². The van der Waals surface area contributed by atoms with Gasteiger partial charge in [0.15, 0.2) is 17.3 Å². The van der Waals surface area contributed by atoms with E-state index in [1.165, 1.54) is 6.33 Å². The number of aromatic hydroxyl groups is 1. The van der Waals surface area contributed by atoms with Crippen LogP contribution in [-0.4, -0.2) is 67.8 Å². The van der Waals surface area contributed by atoms with E-state index in [4.69, 9.17) is 5.73 Å². The van der Waals surface area contributed by atoms with E-state index in [0.717, 1.165) is 0 Å². The summed E-state index contributed by atoms with van der Waals surface area (Å²) >= 11 is 0. The highest BCUT2D eigenvalue weighted by atomic mass is 16.3. The van der Waals surface area contributed by atoms with Crippen molar-refractivity contribution in [2.45, 2.75) is 18.9 Å². The molecule has 5 rings (SSSR count). The summed E-state index contributed by atoms with van der Waals surface area (Å²) in [6.45, 7) is 0. The number of phenolic OH excluding ortho intramolecular Hbond substituents is 1. The fraction of sp³-hybridized carbons (Fsp3) is 0.364. The molecule has 6 N–H and O–H groups in total. The minimum atomic E-state index is -1.18. The molecule has 0 saturated carbocycles. The molecule has 4 atom stereocenters. The van der Waals surface area contributed by atoms with E-state index in [-0.39, 0.29) is 16.9 Å². The highest BCUT2D eigenvalue weighted by Crippen LogP contribution is 2.50. The Morgan fingerprint density at radius 2 is 1.94 bits per heavy atom. The van der Waals surface area contributed by atoms with Crippen LogP contribution in [0.4, 0.5) is 0 Å². The van der Waals surface area contributed by atoms with Crippen LogP contribution in [0.1, 0.15) is 22.3 Å². The van der Waals surface area contributed by atoms with Crippen molar-refractivity contribution >= 4 is 28.5 Å². The molecular formula is C22H22N4O6. The number of Topliss-reactive ketones (excluding diaryl/α,β-unsaturated/α-hetero) is 2. The number of phenols is 1. The molecule has 3 aliphatic rings. The zero-order chi connectivity index (χ0) is 23.1. The molecule has 0 bridgehead atoms. The summed E-state index contributed by atoms with van der Waals surface area (Å²) in [6, 6.07) is 0.999. The number of ketones is 2. The zero-order valence-electron chi connectivity index (χ0n) is 17.4. The first kappa shape index (κ1) is 20.3. The van der Waals surface area contributed by atoms with Gasteiger partial charge in [0.2, 0.25) is 0 Å². The van der Waals surface area contributed by atoms with Crippen molar-refractivity contribution in [1.29, 1.82) is 0 Å². The Hall–Kier alpha value is -3.66. The number of aliphatic hydroxyl groups is 2. The molecule has 10 heteroatoms. The van der Waals surface area contributed by atoms with Gasteiger partial charge >= 0.3 is 0 Å². The lowest BCUT2D eigenvalue weighted by atomic mass is 9.61. The average molecular weight is 438 g/mol. The Labute approximate surface area is 182 Å². The number of amides is 1. The summed E-state index contributed by atoms with van der Waals surface area (Å²) in [4.78, 5) is 47.1. The Kier molecular flexibility index (Phi) is 4.22. The maximum absolute atomic E-state index is 13.4. The number of aromatic nitrogens is 2. The van der Waals surface area contributed by atoms with Gasteiger partial charge in [-0.1, -0.05) is 0 Å². The van der Waals surface area contributed by atoms with Gasteiger partial charge in [-0.2, -0.15) is 0 Å². The lowest BCUT2D eigenvalue weighted by molar-refractivity contribution is -0.127. The predicted molar refractivity (Wildman–Crippen MR) is 112 cm³/mol. The van der Waals surface area contributed by atoms with E-state index in [0.29, 0.717) is 29.4 Å². The van der Waals surface area contributed by atoms with Gasteiger partial charge in [0, 0.05) is 5.57 Å². The maximum atomic E-state index is 13.4. The van der Waals surface area contributed by atoms with Crippen LogP contribution in [0.15, 0.2) is 35.1 Å². The Bertz CT molecular complexity index is 1290. The number of primary amides is 1. The molecule has 0 spiro atoms. The third kappa shape index (κ3) is 2.49. The SMILES string of the molecule is CN(C)[C@@H]1C(O)=C(C(N)=O)C(=O)C2C(O)=C3C(=O)c4c(cc5nc[nH]c5c4O)C[C@H]3C[C@H]21. The van der Waals surface area contributed by atoms with Gasteiger partial charge in [0.1, 0.15) is 22.6 Å². The standard InChI is InChI=1S/C22H22N4O6/c1-26(2)16-9-4-7-3-8-5-10-15(25-6-24-10)20(30)12(8)17(27)11(7)18(28)13(9)19(29)14(21(16)31)22(23)32/h5-7,9,13,16,28,30-31H,3-4H2,1-2H3,(H2,23,32)(H,24,25)/t7-,9+,13?,16-/m0/s1. The fourth-order valence-corrected chi connectivity index (χ4v) is 5.72. The third-order valence-corrected chi connectivity index (χ3v) is 6.95. The average Bonchev–Trinajstić information content (AvgIpc) is 3.15. The number of aliphatic hydroxyl groups excluding tert-OH is 2. The number of hydrogen-bond acceptors (Lipinski definition) is 8. The molecule has 32 heavy (non-hydrogen) atoms. The van der Waals surface area contributed by atoms with Crippen molar-refractivity contribution in [1.82, 2.24) is 14.9 Å². The first-order chi connectivity index (χ1) is 15.1. The number of nitrogens with two attached hydrogens (primary N) is 1. The van der Waals surface area contributed by atoms with E-state index >= 15 is 0 Å². The Balaban J connectivity index is 1.70. The second kappa shape index (κ2) is 6.67. The fourth-order valence-electron chi connectivity index (χ4n) is 5.72. The van der Waals surface area contributed by atoms with Crippen molar-refractivity contribution in [3.63, 3.8) is 0 Å². The molecule has 0 fully saturated rings. The van der Waals surface area contributed by atoms with Crippen LogP contribution in [-0.2, 0) is 16.0 Å².